The summed E-state index contributed by atoms with van der Waals surface area (Å²) in [6, 6.07) is 0. The van der Waals surface area contributed by atoms with Crippen LogP contribution in [0.5, 0.6) is 0 Å². The Morgan fingerprint density at radius 1 is 1.13 bits per heavy atom. The van der Waals surface area contributed by atoms with Crippen molar-refractivity contribution in [2.24, 2.45) is 28.6 Å². The number of alkyl halides is 3. The van der Waals surface area contributed by atoms with Crippen molar-refractivity contribution in [3.8, 4) is 0 Å². The number of fused-ring (bicyclic) bond motifs is 5. The average molecular weight is 462 g/mol. The summed E-state index contributed by atoms with van der Waals surface area (Å²) in [5, 5.41) is 0. The number of carbonyl (C=O) groups excluding carboxylic acids is 1. The van der Waals surface area contributed by atoms with Gasteiger partial charge in [-0.1, -0.05) is 26.8 Å². The van der Waals surface area contributed by atoms with Gasteiger partial charge < -0.3 is 9.08 Å². The molecule has 1 aliphatic heterocycles. The van der Waals surface area contributed by atoms with Gasteiger partial charge >= 0.3 is 15.6 Å². The number of nitrogens with zero attached hydrogens (tertiary/aromatic N) is 1. The molecule has 0 aromatic rings. The van der Waals surface area contributed by atoms with E-state index in [1.54, 1.807) is 6.08 Å². The van der Waals surface area contributed by atoms with Gasteiger partial charge in [-0.05, 0) is 62.4 Å². The molecule has 4 aliphatic rings. The zero-order chi connectivity index (χ0) is 22.8. The maximum atomic E-state index is 12.9. The lowest BCUT2D eigenvalue weighted by Gasteiger charge is -2.58. The quantitative estimate of drug-likeness (QED) is 0.431. The van der Waals surface area contributed by atoms with E-state index in [9.17, 15) is 26.4 Å². The van der Waals surface area contributed by atoms with Crippen molar-refractivity contribution >= 4 is 16.0 Å². The molecule has 1 heterocycles. The third-order valence-corrected chi connectivity index (χ3v) is 9.28. The van der Waals surface area contributed by atoms with Crippen molar-refractivity contribution in [1.29, 1.82) is 0 Å². The van der Waals surface area contributed by atoms with E-state index in [4.69, 9.17) is 0 Å². The highest BCUT2D eigenvalue weighted by Gasteiger charge is 2.60. The largest absolute Gasteiger partial charge is 0.534 e. The molecule has 0 aromatic carbocycles. The van der Waals surface area contributed by atoms with E-state index in [1.165, 1.54) is 0 Å². The zero-order valence-electron chi connectivity index (χ0n) is 18.2. The average Bonchev–Trinajstić information content (AvgIpc) is 2.99. The van der Waals surface area contributed by atoms with Gasteiger partial charge in [-0.25, -0.2) is 0 Å². The highest BCUT2D eigenvalue weighted by Crippen LogP contribution is 2.65. The van der Waals surface area contributed by atoms with Crippen LogP contribution in [0.4, 0.5) is 13.2 Å². The monoisotopic (exact) mass is 461 g/mol. The first-order valence-electron chi connectivity index (χ1n) is 11.1. The predicted octanol–water partition coefficient (Wildman–Crippen LogP) is 5.12. The van der Waals surface area contributed by atoms with Gasteiger partial charge in [-0.3, -0.25) is 4.79 Å². The lowest BCUT2D eigenvalue weighted by molar-refractivity contribution is -0.137. The molecule has 4 rings (SSSR count). The summed E-state index contributed by atoms with van der Waals surface area (Å²) in [7, 11) is -5.67. The van der Waals surface area contributed by atoms with Gasteiger partial charge in [-0.2, -0.15) is 21.6 Å². The van der Waals surface area contributed by atoms with Crippen LogP contribution in [0.15, 0.2) is 23.6 Å². The van der Waals surface area contributed by atoms with Crippen LogP contribution in [-0.2, 0) is 19.1 Å². The Morgan fingerprint density at radius 3 is 2.48 bits per heavy atom. The summed E-state index contributed by atoms with van der Waals surface area (Å²) in [5.74, 6) is 0.663. The normalized spacial score (nSPS) is 38.1. The van der Waals surface area contributed by atoms with Crippen LogP contribution < -0.4 is 0 Å². The molecule has 31 heavy (non-hydrogen) atoms. The molecule has 1 amide bonds. The van der Waals surface area contributed by atoms with E-state index in [1.807, 2.05) is 11.8 Å². The minimum absolute atomic E-state index is 0.0246. The van der Waals surface area contributed by atoms with Gasteiger partial charge in [-0.15, -0.1) is 0 Å². The van der Waals surface area contributed by atoms with Crippen LogP contribution >= 0.6 is 0 Å². The second-order valence-electron chi connectivity index (χ2n) is 9.91. The molecule has 0 aromatic heterocycles. The molecular formula is C22H30F3NO4S. The van der Waals surface area contributed by atoms with Crippen molar-refractivity contribution < 1.29 is 30.6 Å². The number of likely N-dealkylation sites (tertiary alicyclic amines) is 1. The topological polar surface area (TPSA) is 63.7 Å². The number of piperidine rings is 1. The lowest BCUT2D eigenvalue weighted by atomic mass is 9.49. The fraction of sp³-hybridized carbons (Fsp3) is 0.773. The highest BCUT2D eigenvalue weighted by atomic mass is 32.2. The molecule has 0 spiro atoms. The minimum atomic E-state index is -5.67. The van der Waals surface area contributed by atoms with Crippen LogP contribution in [0.1, 0.15) is 65.7 Å². The van der Waals surface area contributed by atoms with Gasteiger partial charge in [0.2, 0.25) is 5.91 Å². The molecule has 5 atom stereocenters. The minimum Gasteiger partial charge on any atom is -0.380 e. The lowest BCUT2D eigenvalue weighted by Crippen LogP contribution is -2.54. The fourth-order valence-corrected chi connectivity index (χ4v) is 7.33. The van der Waals surface area contributed by atoms with Crippen molar-refractivity contribution in [3.05, 3.63) is 23.6 Å². The van der Waals surface area contributed by atoms with Crippen LogP contribution in [0.3, 0.4) is 0 Å². The van der Waals surface area contributed by atoms with E-state index in [2.05, 4.69) is 24.1 Å². The van der Waals surface area contributed by atoms with Crippen molar-refractivity contribution in [1.82, 2.24) is 4.90 Å². The Morgan fingerprint density at radius 2 is 1.84 bits per heavy atom. The molecule has 1 saturated heterocycles. The van der Waals surface area contributed by atoms with Crippen molar-refractivity contribution in [2.75, 3.05) is 6.54 Å². The van der Waals surface area contributed by atoms with Gasteiger partial charge in [0.1, 0.15) is 5.76 Å². The SMILES string of the molecule is CCCN1C(=O)CC[C@@]2(C)C1=CC[C@@H]1[C@@H]2CC[C@]2(C)C(OS(=O)(=O)C(F)(F)F)=CC[C@@H]12. The van der Waals surface area contributed by atoms with Gasteiger partial charge in [0.05, 0.1) is 0 Å². The number of halogens is 3. The standard InChI is InChI=1S/C22H30F3NO4S/c1-4-13-26-17-7-5-14-15-6-8-18(30-31(28,29)22(23,24)25)21(15,3)11-9-16(14)20(17,2)12-10-19(26)27/h7-8,14-16H,4-6,9-13H2,1-3H3/t14-,15-,16-,20+,21-/m0/s1. The number of hydrogen-bond donors (Lipinski definition) is 0. The Labute approximate surface area is 181 Å². The Balaban J connectivity index is 1.62. The second-order valence-corrected chi connectivity index (χ2v) is 11.4. The van der Waals surface area contributed by atoms with E-state index in [0.717, 1.165) is 31.4 Å². The van der Waals surface area contributed by atoms with Crippen LogP contribution in [0.2, 0.25) is 0 Å². The maximum absolute atomic E-state index is 12.9. The summed E-state index contributed by atoms with van der Waals surface area (Å²) >= 11 is 0. The summed E-state index contributed by atoms with van der Waals surface area (Å²) < 4.78 is 66.6. The molecule has 3 aliphatic carbocycles. The molecule has 5 nitrogen and oxygen atoms in total. The maximum Gasteiger partial charge on any atom is 0.534 e. The first-order valence-corrected chi connectivity index (χ1v) is 12.5. The second kappa shape index (κ2) is 7.25. The van der Waals surface area contributed by atoms with Gasteiger partial charge in [0.15, 0.2) is 0 Å². The number of allylic oxidation sites excluding steroid dienone is 4. The van der Waals surface area contributed by atoms with Crippen LogP contribution in [0.25, 0.3) is 0 Å². The third-order valence-electron chi connectivity index (χ3n) is 8.31. The summed E-state index contributed by atoms with van der Waals surface area (Å²) in [6.07, 6.45) is 8.48. The smallest absolute Gasteiger partial charge is 0.380 e. The summed E-state index contributed by atoms with van der Waals surface area (Å²) in [6.45, 7) is 6.82. The Bertz CT molecular complexity index is 941. The molecular weight excluding hydrogens is 431 g/mol. The molecule has 174 valence electrons. The summed E-state index contributed by atoms with van der Waals surface area (Å²) in [4.78, 5) is 14.5. The molecule has 0 unspecified atom stereocenters. The molecule has 0 N–H and O–H groups in total. The molecule has 0 radical (unpaired) electrons. The predicted molar refractivity (Wildman–Crippen MR) is 109 cm³/mol. The number of rotatable bonds is 4. The zero-order valence-corrected chi connectivity index (χ0v) is 19.0. The fourth-order valence-electron chi connectivity index (χ4n) is 6.74. The summed E-state index contributed by atoms with van der Waals surface area (Å²) in [5.41, 5.74) is -5.20. The van der Waals surface area contributed by atoms with E-state index in [0.29, 0.717) is 31.7 Å². The van der Waals surface area contributed by atoms with Gasteiger partial charge in [0, 0.05) is 29.5 Å². The highest BCUT2D eigenvalue weighted by molar-refractivity contribution is 7.87. The van der Waals surface area contributed by atoms with E-state index >= 15 is 0 Å². The molecule has 1 saturated carbocycles. The molecule has 2 fully saturated rings. The van der Waals surface area contributed by atoms with E-state index in [-0.39, 0.29) is 28.9 Å². The first-order chi connectivity index (χ1) is 14.3. The number of carbonyl (C=O) groups is 1. The Kier molecular flexibility index (Phi) is 5.30. The van der Waals surface area contributed by atoms with Crippen molar-refractivity contribution in [2.45, 2.75) is 71.2 Å². The number of hydrogen-bond acceptors (Lipinski definition) is 4. The van der Waals surface area contributed by atoms with Crippen LogP contribution in [0, 0.1) is 28.6 Å². The Hall–Kier alpha value is -1.51. The van der Waals surface area contributed by atoms with Gasteiger partial charge in [0.25, 0.3) is 0 Å². The van der Waals surface area contributed by atoms with Crippen molar-refractivity contribution in [3.63, 3.8) is 0 Å². The molecule has 9 heteroatoms. The van der Waals surface area contributed by atoms with Crippen LogP contribution in [-0.4, -0.2) is 31.3 Å². The first kappa shape index (κ1) is 22.7. The third kappa shape index (κ3) is 3.33. The molecule has 0 bridgehead atoms. The van der Waals surface area contributed by atoms with E-state index < -0.39 is 21.0 Å². The number of amides is 1.